The van der Waals surface area contributed by atoms with Gasteiger partial charge in [0, 0.05) is 12.3 Å². The predicted molar refractivity (Wildman–Crippen MR) is 69.7 cm³/mol. The van der Waals surface area contributed by atoms with Crippen LogP contribution in [0, 0.1) is 5.92 Å². The normalized spacial score (nSPS) is 14.3. The van der Waals surface area contributed by atoms with Crippen LogP contribution in [0.4, 0.5) is 0 Å². The van der Waals surface area contributed by atoms with Gasteiger partial charge in [0.25, 0.3) is 0 Å². The molecule has 0 amide bonds. The number of ketones is 1. The summed E-state index contributed by atoms with van der Waals surface area (Å²) in [6.07, 6.45) is 3.04. The fourth-order valence-electron chi connectivity index (χ4n) is 1.89. The van der Waals surface area contributed by atoms with Gasteiger partial charge in [0.05, 0.1) is 6.10 Å². The largest absolute Gasteiger partial charge is 0.388 e. The number of benzene rings is 1. The Morgan fingerprint density at radius 3 is 2.47 bits per heavy atom. The lowest BCUT2D eigenvalue weighted by molar-refractivity contribution is -0.125. The molecule has 2 heteroatoms. The van der Waals surface area contributed by atoms with E-state index in [-0.39, 0.29) is 11.7 Å². The van der Waals surface area contributed by atoms with E-state index in [9.17, 15) is 9.90 Å². The summed E-state index contributed by atoms with van der Waals surface area (Å²) in [6.45, 7) is 3.93. The number of aliphatic hydroxyl groups is 1. The summed E-state index contributed by atoms with van der Waals surface area (Å²) < 4.78 is 0. The highest BCUT2D eigenvalue weighted by Crippen LogP contribution is 2.23. The predicted octanol–water partition coefficient (Wildman–Crippen LogP) is 3.51. The molecular formula is C15H22O2. The standard InChI is InChI=1S/C15H22O2/c1-3-4-6-11-14(16)12(2)15(17)13-9-7-5-8-10-13/h5,7-10,12,15,17H,3-4,6,11H2,1-2H3/t12-,15-/m0/s1. The molecule has 0 aliphatic rings. The minimum atomic E-state index is -0.676. The van der Waals surface area contributed by atoms with Gasteiger partial charge in [-0.05, 0) is 12.0 Å². The molecule has 1 aromatic carbocycles. The van der Waals surface area contributed by atoms with Crippen LogP contribution in [0.25, 0.3) is 0 Å². The first-order chi connectivity index (χ1) is 8.16. The van der Waals surface area contributed by atoms with Gasteiger partial charge in [-0.2, -0.15) is 0 Å². The van der Waals surface area contributed by atoms with E-state index < -0.39 is 6.10 Å². The summed E-state index contributed by atoms with van der Waals surface area (Å²) in [5.41, 5.74) is 0.823. The fourth-order valence-corrected chi connectivity index (χ4v) is 1.89. The van der Waals surface area contributed by atoms with Crippen LogP contribution in [0.1, 0.15) is 51.2 Å². The van der Waals surface area contributed by atoms with Crippen molar-refractivity contribution < 1.29 is 9.90 Å². The van der Waals surface area contributed by atoms with Gasteiger partial charge in [-0.15, -0.1) is 0 Å². The van der Waals surface area contributed by atoms with E-state index >= 15 is 0 Å². The average molecular weight is 234 g/mol. The molecule has 17 heavy (non-hydrogen) atoms. The number of carbonyl (C=O) groups is 1. The molecular weight excluding hydrogens is 212 g/mol. The lowest BCUT2D eigenvalue weighted by Crippen LogP contribution is -2.19. The van der Waals surface area contributed by atoms with E-state index in [4.69, 9.17) is 0 Å². The van der Waals surface area contributed by atoms with Crippen molar-refractivity contribution in [2.24, 2.45) is 5.92 Å². The fraction of sp³-hybridized carbons (Fsp3) is 0.533. The Morgan fingerprint density at radius 1 is 1.24 bits per heavy atom. The molecule has 1 N–H and O–H groups in total. The SMILES string of the molecule is CCCCCC(=O)[C@H](C)[C@H](O)c1ccccc1. The summed E-state index contributed by atoms with van der Waals surface area (Å²) >= 11 is 0. The Hall–Kier alpha value is -1.15. The Balaban J connectivity index is 2.51. The van der Waals surface area contributed by atoms with Crippen LogP contribution in [-0.2, 0) is 4.79 Å². The minimum absolute atomic E-state index is 0.162. The van der Waals surface area contributed by atoms with Gasteiger partial charge in [-0.3, -0.25) is 4.79 Å². The van der Waals surface area contributed by atoms with E-state index in [0.717, 1.165) is 24.8 Å². The molecule has 0 aromatic heterocycles. The molecule has 0 aliphatic heterocycles. The average Bonchev–Trinajstić information content (AvgIpc) is 2.38. The van der Waals surface area contributed by atoms with Crippen molar-refractivity contribution >= 4 is 5.78 Å². The van der Waals surface area contributed by atoms with Crippen molar-refractivity contribution in [3.63, 3.8) is 0 Å². The zero-order valence-electron chi connectivity index (χ0n) is 10.7. The Morgan fingerprint density at radius 2 is 1.88 bits per heavy atom. The second-order valence-corrected chi connectivity index (χ2v) is 4.57. The number of rotatable bonds is 7. The molecule has 1 aromatic rings. The summed E-state index contributed by atoms with van der Waals surface area (Å²) in [6, 6.07) is 9.39. The number of hydrogen-bond donors (Lipinski definition) is 1. The highest BCUT2D eigenvalue weighted by molar-refractivity contribution is 5.81. The number of Topliss-reactive ketones (excluding diaryl/α,β-unsaturated/α-hetero) is 1. The lowest BCUT2D eigenvalue weighted by Gasteiger charge is -2.18. The van der Waals surface area contributed by atoms with Gasteiger partial charge in [0.2, 0.25) is 0 Å². The molecule has 1 rings (SSSR count). The van der Waals surface area contributed by atoms with Gasteiger partial charge in [0.15, 0.2) is 0 Å². The summed E-state index contributed by atoms with van der Waals surface area (Å²) in [5.74, 6) is -0.149. The molecule has 0 radical (unpaired) electrons. The summed E-state index contributed by atoms with van der Waals surface area (Å²) in [5, 5.41) is 10.1. The lowest BCUT2D eigenvalue weighted by atomic mass is 9.91. The first-order valence-electron chi connectivity index (χ1n) is 6.42. The molecule has 0 spiro atoms. The van der Waals surface area contributed by atoms with E-state index in [2.05, 4.69) is 6.92 Å². The highest BCUT2D eigenvalue weighted by atomic mass is 16.3. The second-order valence-electron chi connectivity index (χ2n) is 4.57. The van der Waals surface area contributed by atoms with Crippen LogP contribution in [0.5, 0.6) is 0 Å². The van der Waals surface area contributed by atoms with E-state index in [1.165, 1.54) is 0 Å². The van der Waals surface area contributed by atoms with Crippen LogP contribution in [0.3, 0.4) is 0 Å². The third-order valence-electron chi connectivity index (χ3n) is 3.15. The maximum atomic E-state index is 11.9. The molecule has 2 atom stereocenters. The number of hydrogen-bond acceptors (Lipinski definition) is 2. The summed E-state index contributed by atoms with van der Waals surface area (Å²) in [4.78, 5) is 11.9. The van der Waals surface area contributed by atoms with Crippen LogP contribution in [0.15, 0.2) is 30.3 Å². The molecule has 0 heterocycles. The van der Waals surface area contributed by atoms with Crippen LogP contribution in [0.2, 0.25) is 0 Å². The number of aliphatic hydroxyl groups excluding tert-OH is 1. The molecule has 0 saturated heterocycles. The molecule has 0 fully saturated rings. The zero-order valence-corrected chi connectivity index (χ0v) is 10.7. The monoisotopic (exact) mass is 234 g/mol. The molecule has 0 bridgehead atoms. The van der Waals surface area contributed by atoms with Gasteiger partial charge in [-0.1, -0.05) is 57.0 Å². The zero-order chi connectivity index (χ0) is 12.7. The number of unbranched alkanes of at least 4 members (excludes halogenated alkanes) is 2. The highest BCUT2D eigenvalue weighted by Gasteiger charge is 2.22. The smallest absolute Gasteiger partial charge is 0.138 e. The van der Waals surface area contributed by atoms with Crippen molar-refractivity contribution in [1.29, 1.82) is 0 Å². The molecule has 0 unspecified atom stereocenters. The molecule has 0 aliphatic carbocycles. The first-order valence-corrected chi connectivity index (χ1v) is 6.42. The first kappa shape index (κ1) is 13.9. The number of carbonyl (C=O) groups excluding carboxylic acids is 1. The van der Waals surface area contributed by atoms with Crippen molar-refractivity contribution in [1.82, 2.24) is 0 Å². The van der Waals surface area contributed by atoms with E-state index in [1.54, 1.807) is 0 Å². The van der Waals surface area contributed by atoms with Crippen molar-refractivity contribution in [2.75, 3.05) is 0 Å². The third kappa shape index (κ3) is 4.31. The minimum Gasteiger partial charge on any atom is -0.388 e. The Bertz CT molecular complexity index is 332. The maximum Gasteiger partial charge on any atom is 0.138 e. The molecule has 94 valence electrons. The van der Waals surface area contributed by atoms with Gasteiger partial charge >= 0.3 is 0 Å². The van der Waals surface area contributed by atoms with Gasteiger partial charge in [0.1, 0.15) is 5.78 Å². The third-order valence-corrected chi connectivity index (χ3v) is 3.15. The van der Waals surface area contributed by atoms with Crippen LogP contribution in [-0.4, -0.2) is 10.9 Å². The van der Waals surface area contributed by atoms with Crippen molar-refractivity contribution in [3.8, 4) is 0 Å². The Labute approximate surface area is 104 Å². The van der Waals surface area contributed by atoms with Gasteiger partial charge < -0.3 is 5.11 Å². The second kappa shape index (κ2) is 7.23. The summed E-state index contributed by atoms with van der Waals surface area (Å²) in [7, 11) is 0. The van der Waals surface area contributed by atoms with E-state index in [0.29, 0.717) is 6.42 Å². The van der Waals surface area contributed by atoms with Crippen molar-refractivity contribution in [2.45, 2.75) is 45.6 Å². The quantitative estimate of drug-likeness (QED) is 0.733. The maximum absolute atomic E-state index is 11.9. The van der Waals surface area contributed by atoms with E-state index in [1.807, 2.05) is 37.3 Å². The topological polar surface area (TPSA) is 37.3 Å². The van der Waals surface area contributed by atoms with Gasteiger partial charge in [-0.25, -0.2) is 0 Å². The Kier molecular flexibility index (Phi) is 5.92. The molecule has 2 nitrogen and oxygen atoms in total. The van der Waals surface area contributed by atoms with Crippen LogP contribution < -0.4 is 0 Å². The molecule has 0 saturated carbocycles. The van der Waals surface area contributed by atoms with Crippen LogP contribution >= 0.6 is 0 Å². The van der Waals surface area contributed by atoms with Crippen molar-refractivity contribution in [3.05, 3.63) is 35.9 Å².